The maximum atomic E-state index is 12.3. The molecule has 1 aliphatic rings. The highest BCUT2D eigenvalue weighted by Crippen LogP contribution is 2.35. The van der Waals surface area contributed by atoms with Gasteiger partial charge in [0.05, 0.1) is 11.6 Å². The van der Waals surface area contributed by atoms with Crippen LogP contribution in [0.5, 0.6) is 0 Å². The van der Waals surface area contributed by atoms with Gasteiger partial charge >= 0.3 is 0 Å². The van der Waals surface area contributed by atoms with Gasteiger partial charge in [0.25, 0.3) is 0 Å². The Bertz CT molecular complexity index is 485. The molecule has 2 atom stereocenters. The fourth-order valence-corrected chi connectivity index (χ4v) is 3.30. The van der Waals surface area contributed by atoms with Gasteiger partial charge in [0, 0.05) is 4.47 Å². The number of nitrogens with one attached hydrogen (secondary N) is 1. The summed E-state index contributed by atoms with van der Waals surface area (Å²) in [6, 6.07) is 6.25. The van der Waals surface area contributed by atoms with Crippen molar-refractivity contribution in [3.63, 3.8) is 0 Å². The lowest BCUT2D eigenvalue weighted by Crippen LogP contribution is -2.52. The molecule has 0 radical (unpaired) electrons. The first kappa shape index (κ1) is 14.5. The maximum absolute atomic E-state index is 12.3. The summed E-state index contributed by atoms with van der Waals surface area (Å²) >= 11 is 3.57. The lowest BCUT2D eigenvalue weighted by molar-refractivity contribution is -0.126. The molecule has 0 aromatic heterocycles. The zero-order valence-electron chi connectivity index (χ0n) is 11.5. The topological polar surface area (TPSA) is 55.1 Å². The molecule has 3 N–H and O–H groups in total. The summed E-state index contributed by atoms with van der Waals surface area (Å²) in [6.07, 6.45) is 3.56. The van der Waals surface area contributed by atoms with Gasteiger partial charge in [-0.05, 0) is 43.4 Å². The van der Waals surface area contributed by atoms with Gasteiger partial charge in [0.2, 0.25) is 5.91 Å². The van der Waals surface area contributed by atoms with E-state index in [1.807, 2.05) is 26.0 Å². The average molecular weight is 325 g/mol. The van der Waals surface area contributed by atoms with Crippen molar-refractivity contribution in [1.29, 1.82) is 0 Å². The summed E-state index contributed by atoms with van der Waals surface area (Å²) in [6.45, 7) is 3.85. The normalized spacial score (nSPS) is 20.7. The maximum Gasteiger partial charge on any atom is 0.240 e. The average Bonchev–Trinajstić information content (AvgIpc) is 2.74. The van der Waals surface area contributed by atoms with E-state index < -0.39 is 5.54 Å². The molecule has 104 valence electrons. The molecule has 4 heteroatoms. The van der Waals surface area contributed by atoms with Crippen molar-refractivity contribution in [1.82, 2.24) is 5.32 Å². The van der Waals surface area contributed by atoms with E-state index in [1.165, 1.54) is 11.1 Å². The van der Waals surface area contributed by atoms with Crippen molar-refractivity contribution < 1.29 is 4.79 Å². The second-order valence-corrected chi connectivity index (χ2v) is 6.39. The third-order valence-electron chi connectivity index (χ3n) is 3.81. The fraction of sp³-hybridized carbons (Fsp3) is 0.533. The van der Waals surface area contributed by atoms with Crippen LogP contribution in [0, 0.1) is 0 Å². The van der Waals surface area contributed by atoms with E-state index in [1.54, 1.807) is 0 Å². The minimum absolute atomic E-state index is 0.0489. The Kier molecular flexibility index (Phi) is 4.31. The Morgan fingerprint density at radius 3 is 3.00 bits per heavy atom. The molecule has 2 rings (SSSR count). The predicted octanol–water partition coefficient (Wildman–Crippen LogP) is 3.07. The molecule has 0 heterocycles. The molecule has 0 saturated carbocycles. The van der Waals surface area contributed by atoms with Crippen molar-refractivity contribution in [2.24, 2.45) is 5.73 Å². The van der Waals surface area contributed by atoms with Crippen molar-refractivity contribution in [2.45, 2.75) is 51.1 Å². The number of hydrogen-bond donors (Lipinski definition) is 2. The van der Waals surface area contributed by atoms with Gasteiger partial charge in [-0.3, -0.25) is 4.79 Å². The van der Waals surface area contributed by atoms with E-state index in [-0.39, 0.29) is 11.9 Å². The molecule has 3 nitrogen and oxygen atoms in total. The van der Waals surface area contributed by atoms with Crippen LogP contribution in [-0.4, -0.2) is 11.4 Å². The molecule has 0 aliphatic heterocycles. The number of carbonyl (C=O) groups excluding carboxylic acids is 1. The largest absolute Gasteiger partial charge is 0.348 e. The van der Waals surface area contributed by atoms with Crippen LogP contribution in [0.1, 0.15) is 50.3 Å². The Morgan fingerprint density at radius 2 is 2.32 bits per heavy atom. The van der Waals surface area contributed by atoms with E-state index in [4.69, 9.17) is 5.73 Å². The first-order valence-electron chi connectivity index (χ1n) is 6.83. The summed E-state index contributed by atoms with van der Waals surface area (Å²) in [4.78, 5) is 12.3. The highest BCUT2D eigenvalue weighted by atomic mass is 79.9. The lowest BCUT2D eigenvalue weighted by atomic mass is 9.95. The van der Waals surface area contributed by atoms with E-state index >= 15 is 0 Å². The predicted molar refractivity (Wildman–Crippen MR) is 80.8 cm³/mol. The molecule has 19 heavy (non-hydrogen) atoms. The molecule has 2 unspecified atom stereocenters. The number of carbonyl (C=O) groups is 1. The zero-order valence-corrected chi connectivity index (χ0v) is 13.1. The van der Waals surface area contributed by atoms with Crippen molar-refractivity contribution >= 4 is 21.8 Å². The fourth-order valence-electron chi connectivity index (χ4n) is 2.72. The number of hydrogen-bond acceptors (Lipinski definition) is 2. The molecule has 0 bridgehead atoms. The number of rotatable bonds is 4. The molecule has 1 aromatic rings. The smallest absolute Gasteiger partial charge is 0.240 e. The summed E-state index contributed by atoms with van der Waals surface area (Å²) in [5, 5.41) is 3.10. The van der Waals surface area contributed by atoms with Gasteiger partial charge in [-0.15, -0.1) is 0 Å². The van der Waals surface area contributed by atoms with E-state index in [2.05, 4.69) is 27.3 Å². The molecular formula is C15H21BrN2O. The quantitative estimate of drug-likeness (QED) is 0.894. The first-order valence-corrected chi connectivity index (χ1v) is 7.62. The summed E-state index contributed by atoms with van der Waals surface area (Å²) in [7, 11) is 0. The molecule has 1 aromatic carbocycles. The standard InChI is InChI=1S/C15H21BrN2O/c1-3-9-15(2,17)14(19)18-13-8-7-10-11(13)5-4-6-12(10)16/h4-6,13H,3,7-9,17H2,1-2H3,(H,18,19). The molecule has 0 fully saturated rings. The monoisotopic (exact) mass is 324 g/mol. The third-order valence-corrected chi connectivity index (χ3v) is 4.55. The minimum atomic E-state index is -0.774. The Hall–Kier alpha value is -0.870. The molecule has 0 spiro atoms. The SMILES string of the molecule is CCCC(C)(N)C(=O)NC1CCc2c(Br)cccc21. The Labute approximate surface area is 123 Å². The number of halogens is 1. The molecular weight excluding hydrogens is 304 g/mol. The van der Waals surface area contributed by atoms with Gasteiger partial charge < -0.3 is 11.1 Å². The van der Waals surface area contributed by atoms with Crippen LogP contribution in [0.4, 0.5) is 0 Å². The van der Waals surface area contributed by atoms with E-state index in [0.29, 0.717) is 6.42 Å². The van der Waals surface area contributed by atoms with Crippen LogP contribution in [0.3, 0.4) is 0 Å². The second-order valence-electron chi connectivity index (χ2n) is 5.54. The van der Waals surface area contributed by atoms with Crippen LogP contribution in [0.25, 0.3) is 0 Å². The van der Waals surface area contributed by atoms with Crippen molar-refractivity contribution in [3.05, 3.63) is 33.8 Å². The number of benzene rings is 1. The van der Waals surface area contributed by atoms with Gasteiger partial charge in [-0.1, -0.05) is 41.4 Å². The number of amides is 1. The molecule has 0 saturated heterocycles. The summed E-state index contributed by atoms with van der Waals surface area (Å²) in [5.74, 6) is -0.0489. The van der Waals surface area contributed by atoms with Crippen LogP contribution < -0.4 is 11.1 Å². The molecule has 1 aliphatic carbocycles. The van der Waals surface area contributed by atoms with Gasteiger partial charge in [0.15, 0.2) is 0 Å². The zero-order chi connectivity index (χ0) is 14.0. The number of fused-ring (bicyclic) bond motifs is 1. The third kappa shape index (κ3) is 3.00. The highest BCUT2D eigenvalue weighted by molar-refractivity contribution is 9.10. The van der Waals surface area contributed by atoms with E-state index in [9.17, 15) is 4.79 Å². The molecule has 1 amide bonds. The van der Waals surface area contributed by atoms with Crippen LogP contribution in [0.15, 0.2) is 22.7 Å². The highest BCUT2D eigenvalue weighted by Gasteiger charge is 2.32. The Balaban J connectivity index is 2.11. The van der Waals surface area contributed by atoms with E-state index in [0.717, 1.165) is 23.7 Å². The first-order chi connectivity index (χ1) is 8.95. The Morgan fingerprint density at radius 1 is 1.58 bits per heavy atom. The minimum Gasteiger partial charge on any atom is -0.348 e. The van der Waals surface area contributed by atoms with Crippen LogP contribution in [0.2, 0.25) is 0 Å². The summed E-state index contributed by atoms with van der Waals surface area (Å²) < 4.78 is 1.13. The number of nitrogens with two attached hydrogens (primary N) is 1. The van der Waals surface area contributed by atoms with Gasteiger partial charge in [0.1, 0.15) is 0 Å². The second kappa shape index (κ2) is 5.63. The van der Waals surface area contributed by atoms with Crippen molar-refractivity contribution in [2.75, 3.05) is 0 Å². The van der Waals surface area contributed by atoms with Crippen molar-refractivity contribution in [3.8, 4) is 0 Å². The van der Waals surface area contributed by atoms with Crippen LogP contribution >= 0.6 is 15.9 Å². The van der Waals surface area contributed by atoms with Gasteiger partial charge in [-0.25, -0.2) is 0 Å². The van der Waals surface area contributed by atoms with Gasteiger partial charge in [-0.2, -0.15) is 0 Å². The lowest BCUT2D eigenvalue weighted by Gasteiger charge is -2.25. The summed E-state index contributed by atoms with van der Waals surface area (Å²) in [5.41, 5.74) is 7.83. The van der Waals surface area contributed by atoms with Crippen LogP contribution in [-0.2, 0) is 11.2 Å².